The van der Waals surface area contributed by atoms with Crippen LogP contribution >= 0.6 is 11.8 Å². The van der Waals surface area contributed by atoms with E-state index in [1.807, 2.05) is 72.4 Å². The van der Waals surface area contributed by atoms with Crippen LogP contribution in [0.4, 0.5) is 0 Å². The molecule has 0 unspecified atom stereocenters. The Hall–Kier alpha value is -7.74. The molecule has 0 amide bonds. The second-order valence-corrected chi connectivity index (χ2v) is 16.3. The van der Waals surface area contributed by atoms with Crippen molar-refractivity contribution < 1.29 is 4.42 Å². The highest BCUT2D eigenvalue weighted by molar-refractivity contribution is 7.99. The van der Waals surface area contributed by atoms with Crippen LogP contribution in [0.25, 0.3) is 111 Å². The van der Waals surface area contributed by atoms with Crippen LogP contribution in [0.3, 0.4) is 0 Å². The average Bonchev–Trinajstić information content (AvgIpc) is 3.98. The molecule has 280 valence electrons. The molecule has 0 saturated heterocycles. The smallest absolute Gasteiger partial charge is 0.164 e. The van der Waals surface area contributed by atoms with E-state index in [1.165, 1.54) is 48.3 Å². The van der Waals surface area contributed by atoms with Crippen LogP contribution in [0.15, 0.2) is 202 Å². The summed E-state index contributed by atoms with van der Waals surface area (Å²) in [6.45, 7) is 0. The Balaban J connectivity index is 0.960. The number of furan rings is 1. The zero-order chi connectivity index (χ0) is 39.3. The monoisotopic (exact) mass is 785 g/mol. The Morgan fingerprint density at radius 2 is 1.05 bits per heavy atom. The van der Waals surface area contributed by atoms with Gasteiger partial charge >= 0.3 is 0 Å². The van der Waals surface area contributed by atoms with Crippen molar-refractivity contribution in [3.8, 4) is 56.7 Å². The summed E-state index contributed by atoms with van der Waals surface area (Å²) in [5.41, 5.74) is 12.6. The molecule has 4 aromatic heterocycles. The summed E-state index contributed by atoms with van der Waals surface area (Å²) in [5, 5.41) is 5.83. The quantitative estimate of drug-likeness (QED) is 0.174. The zero-order valence-corrected chi connectivity index (χ0v) is 32.8. The van der Waals surface area contributed by atoms with E-state index >= 15 is 0 Å². The summed E-state index contributed by atoms with van der Waals surface area (Å²) in [7, 11) is 0. The van der Waals surface area contributed by atoms with Crippen molar-refractivity contribution in [1.82, 2.24) is 24.1 Å². The summed E-state index contributed by atoms with van der Waals surface area (Å²) in [5.74, 6) is 1.83. The minimum atomic E-state index is 0.602. The third kappa shape index (κ3) is 4.93. The molecule has 1 aliphatic heterocycles. The van der Waals surface area contributed by atoms with E-state index in [2.05, 4.69) is 137 Å². The number of para-hydroxylation sites is 4. The molecule has 0 N–H and O–H groups in total. The maximum absolute atomic E-state index is 6.25. The predicted molar refractivity (Wildman–Crippen MR) is 244 cm³/mol. The number of hydrogen-bond donors (Lipinski definition) is 0. The number of aromatic nitrogens is 5. The van der Waals surface area contributed by atoms with E-state index in [0.29, 0.717) is 17.5 Å². The van der Waals surface area contributed by atoms with Crippen molar-refractivity contribution >= 4 is 66.5 Å². The molecule has 8 aromatic carbocycles. The van der Waals surface area contributed by atoms with Crippen molar-refractivity contribution in [2.75, 3.05) is 0 Å². The van der Waals surface area contributed by atoms with E-state index in [-0.39, 0.29) is 0 Å². The second-order valence-electron chi connectivity index (χ2n) is 15.2. The van der Waals surface area contributed by atoms with Gasteiger partial charge in [0.2, 0.25) is 0 Å². The maximum atomic E-state index is 6.25. The van der Waals surface area contributed by atoms with Gasteiger partial charge in [-0.05, 0) is 59.7 Å². The number of nitrogens with zero attached hydrogens (tertiary/aromatic N) is 5. The SMILES string of the molecule is c1ccc(-c2nc(-c3ccc(-c4ccc5c(c4)-n4c6c(cccc6c6c7ccccc7n(-c7ccccc7)c64)S5)cc3)nc(-c3cccc4oc5ccccc5c34)n2)cc1. The molecule has 12 aromatic rings. The van der Waals surface area contributed by atoms with E-state index in [0.717, 1.165) is 55.4 Å². The molecular formula is C53H31N5OS. The number of benzene rings is 8. The summed E-state index contributed by atoms with van der Waals surface area (Å²) < 4.78 is 11.2. The summed E-state index contributed by atoms with van der Waals surface area (Å²) in [6, 6.07) is 66.0. The number of fused-ring (bicyclic) bond motifs is 10. The maximum Gasteiger partial charge on any atom is 0.164 e. The highest BCUT2D eigenvalue weighted by Crippen LogP contribution is 2.50. The molecule has 0 saturated carbocycles. The predicted octanol–water partition coefficient (Wildman–Crippen LogP) is 13.9. The van der Waals surface area contributed by atoms with Gasteiger partial charge in [-0.15, -0.1) is 0 Å². The van der Waals surface area contributed by atoms with Gasteiger partial charge in [-0.2, -0.15) is 0 Å². The van der Waals surface area contributed by atoms with E-state index < -0.39 is 0 Å². The summed E-state index contributed by atoms with van der Waals surface area (Å²) in [4.78, 5) is 17.7. The third-order valence-corrected chi connectivity index (χ3v) is 12.9. The molecule has 0 atom stereocenters. The fourth-order valence-corrected chi connectivity index (χ4v) is 10.2. The second kappa shape index (κ2) is 12.9. The third-order valence-electron chi connectivity index (χ3n) is 11.8. The average molecular weight is 786 g/mol. The van der Waals surface area contributed by atoms with Gasteiger partial charge in [-0.3, -0.25) is 9.13 Å². The standard InChI is InChI=1S/C53H31N5OS/c1-3-13-33(14-4-1)50-54-51(56-52(55-50)40-20-11-23-44-47(40)38-18-8-10-22-43(38)59-44)34-27-25-32(26-28-34)35-29-30-45-42(31-35)58-49-39(19-12-24-46(49)60-45)48-37-17-7-9-21-41(37)57(53(48)58)36-15-5-2-6-16-36/h1-31H. The Labute approximate surface area is 348 Å². The van der Waals surface area contributed by atoms with Crippen LogP contribution in [-0.4, -0.2) is 24.1 Å². The molecule has 1 aliphatic rings. The Bertz CT molecular complexity index is 3680. The van der Waals surface area contributed by atoms with Crippen LogP contribution in [0.5, 0.6) is 0 Å². The van der Waals surface area contributed by atoms with Gasteiger partial charge in [0.15, 0.2) is 17.5 Å². The molecule has 5 heterocycles. The lowest BCUT2D eigenvalue weighted by Crippen LogP contribution is -2.06. The molecular weight excluding hydrogens is 755 g/mol. The van der Waals surface area contributed by atoms with Gasteiger partial charge in [0, 0.05) is 59.1 Å². The number of rotatable bonds is 5. The Morgan fingerprint density at radius 3 is 1.88 bits per heavy atom. The minimum Gasteiger partial charge on any atom is -0.456 e. The minimum absolute atomic E-state index is 0.602. The summed E-state index contributed by atoms with van der Waals surface area (Å²) in [6.07, 6.45) is 0. The molecule has 0 fully saturated rings. The molecule has 0 spiro atoms. The first kappa shape index (κ1) is 33.3. The molecule has 0 radical (unpaired) electrons. The van der Waals surface area contributed by atoms with Crippen LogP contribution in [0.2, 0.25) is 0 Å². The van der Waals surface area contributed by atoms with Gasteiger partial charge in [-0.1, -0.05) is 151 Å². The summed E-state index contributed by atoms with van der Waals surface area (Å²) >= 11 is 1.85. The van der Waals surface area contributed by atoms with Gasteiger partial charge < -0.3 is 4.42 Å². The zero-order valence-electron chi connectivity index (χ0n) is 32.0. The lowest BCUT2D eigenvalue weighted by molar-refractivity contribution is 0.669. The van der Waals surface area contributed by atoms with E-state index in [4.69, 9.17) is 19.4 Å². The van der Waals surface area contributed by atoms with Crippen molar-refractivity contribution in [2.24, 2.45) is 0 Å². The highest BCUT2D eigenvalue weighted by atomic mass is 32.2. The van der Waals surface area contributed by atoms with Crippen LogP contribution < -0.4 is 0 Å². The highest BCUT2D eigenvalue weighted by Gasteiger charge is 2.28. The largest absolute Gasteiger partial charge is 0.456 e. The lowest BCUT2D eigenvalue weighted by atomic mass is 10.0. The molecule has 0 aliphatic carbocycles. The van der Waals surface area contributed by atoms with Gasteiger partial charge in [0.05, 0.1) is 16.7 Å². The molecule has 6 nitrogen and oxygen atoms in total. The fraction of sp³-hybridized carbons (Fsp3) is 0. The van der Waals surface area contributed by atoms with Gasteiger partial charge in [-0.25, -0.2) is 15.0 Å². The molecule has 7 heteroatoms. The van der Waals surface area contributed by atoms with Gasteiger partial charge in [0.1, 0.15) is 16.8 Å². The van der Waals surface area contributed by atoms with E-state index in [9.17, 15) is 0 Å². The van der Waals surface area contributed by atoms with Crippen molar-refractivity contribution in [3.63, 3.8) is 0 Å². The normalized spacial score (nSPS) is 12.3. The van der Waals surface area contributed by atoms with Crippen LogP contribution in [-0.2, 0) is 0 Å². The van der Waals surface area contributed by atoms with E-state index in [1.54, 1.807) is 0 Å². The first-order valence-electron chi connectivity index (χ1n) is 20.0. The Morgan fingerprint density at radius 1 is 0.417 bits per heavy atom. The van der Waals surface area contributed by atoms with Crippen molar-refractivity contribution in [1.29, 1.82) is 0 Å². The molecule has 13 rings (SSSR count). The first-order valence-corrected chi connectivity index (χ1v) is 20.8. The molecule has 0 bridgehead atoms. The van der Waals surface area contributed by atoms with Crippen molar-refractivity contribution in [2.45, 2.75) is 9.79 Å². The van der Waals surface area contributed by atoms with Crippen LogP contribution in [0.1, 0.15) is 0 Å². The van der Waals surface area contributed by atoms with Gasteiger partial charge in [0.25, 0.3) is 0 Å². The van der Waals surface area contributed by atoms with Crippen LogP contribution in [0, 0.1) is 0 Å². The lowest BCUT2D eigenvalue weighted by Gasteiger charge is -2.22. The number of hydrogen-bond acceptors (Lipinski definition) is 5. The Kier molecular flexibility index (Phi) is 7.14. The van der Waals surface area contributed by atoms with Crippen molar-refractivity contribution in [3.05, 3.63) is 188 Å². The first-order chi connectivity index (χ1) is 29.7. The topological polar surface area (TPSA) is 61.7 Å². The molecule has 60 heavy (non-hydrogen) atoms. The fourth-order valence-electron chi connectivity index (χ4n) is 9.11.